The van der Waals surface area contributed by atoms with Crippen molar-refractivity contribution in [3.63, 3.8) is 0 Å². The SMILES string of the molecule is CC(N)C(=O)OC(C)(C)C.c1ccccc1. The summed E-state index contributed by atoms with van der Waals surface area (Å²) >= 11 is 0. The zero-order valence-corrected chi connectivity index (χ0v) is 10.4. The van der Waals surface area contributed by atoms with E-state index in [0.29, 0.717) is 0 Å². The molecule has 0 spiro atoms. The lowest BCUT2D eigenvalue weighted by molar-refractivity contribution is -0.155. The highest BCUT2D eigenvalue weighted by atomic mass is 16.6. The molecule has 0 aliphatic carbocycles. The number of ether oxygens (including phenoxy) is 1. The zero-order valence-electron chi connectivity index (χ0n) is 10.4. The molecule has 2 N–H and O–H groups in total. The third kappa shape index (κ3) is 9.21. The number of hydrogen-bond acceptors (Lipinski definition) is 3. The molecule has 0 radical (unpaired) electrons. The first-order valence-electron chi connectivity index (χ1n) is 5.31. The van der Waals surface area contributed by atoms with Crippen molar-refractivity contribution in [2.75, 3.05) is 0 Å². The van der Waals surface area contributed by atoms with Crippen LogP contribution in [0.4, 0.5) is 0 Å². The summed E-state index contributed by atoms with van der Waals surface area (Å²) < 4.78 is 4.94. The standard InChI is InChI=1S/C7H15NO2.C6H6/c1-5(8)6(9)10-7(2,3)4;1-2-4-6-5-3-1/h5H,8H2,1-4H3;1-6H. The molecular weight excluding hydrogens is 202 g/mol. The van der Waals surface area contributed by atoms with Crippen molar-refractivity contribution >= 4 is 5.97 Å². The molecule has 1 aromatic carbocycles. The molecule has 0 aliphatic heterocycles. The van der Waals surface area contributed by atoms with Gasteiger partial charge in [-0.2, -0.15) is 0 Å². The van der Waals surface area contributed by atoms with Gasteiger partial charge in [-0.25, -0.2) is 0 Å². The molecule has 0 heterocycles. The third-order valence-corrected chi connectivity index (χ3v) is 1.45. The number of rotatable bonds is 1. The number of carbonyl (C=O) groups is 1. The Kier molecular flexibility index (Phi) is 6.42. The van der Waals surface area contributed by atoms with Crippen molar-refractivity contribution in [3.05, 3.63) is 36.4 Å². The van der Waals surface area contributed by atoms with Gasteiger partial charge in [-0.15, -0.1) is 0 Å². The number of esters is 1. The van der Waals surface area contributed by atoms with E-state index in [1.54, 1.807) is 6.92 Å². The van der Waals surface area contributed by atoms with E-state index in [1.807, 2.05) is 57.2 Å². The van der Waals surface area contributed by atoms with Crippen LogP contribution in [-0.4, -0.2) is 17.6 Å². The van der Waals surface area contributed by atoms with Crippen LogP contribution in [-0.2, 0) is 9.53 Å². The summed E-state index contributed by atoms with van der Waals surface area (Å²) in [7, 11) is 0. The summed E-state index contributed by atoms with van der Waals surface area (Å²) in [5.74, 6) is -0.354. The van der Waals surface area contributed by atoms with E-state index >= 15 is 0 Å². The summed E-state index contributed by atoms with van der Waals surface area (Å²) in [5.41, 5.74) is 4.84. The van der Waals surface area contributed by atoms with Crippen LogP contribution in [0, 0.1) is 0 Å². The summed E-state index contributed by atoms with van der Waals surface area (Å²) in [6, 6.07) is 11.5. The Hall–Kier alpha value is -1.35. The van der Waals surface area contributed by atoms with Gasteiger partial charge in [-0.1, -0.05) is 36.4 Å². The number of nitrogens with two attached hydrogens (primary N) is 1. The van der Waals surface area contributed by atoms with E-state index in [9.17, 15) is 4.79 Å². The topological polar surface area (TPSA) is 52.3 Å². The second-order valence-electron chi connectivity index (χ2n) is 4.48. The lowest BCUT2D eigenvalue weighted by Gasteiger charge is -2.20. The van der Waals surface area contributed by atoms with Crippen molar-refractivity contribution in [1.82, 2.24) is 0 Å². The molecule has 1 aromatic rings. The van der Waals surface area contributed by atoms with Gasteiger partial charge in [0.05, 0.1) is 0 Å². The van der Waals surface area contributed by atoms with E-state index in [2.05, 4.69) is 0 Å². The largest absolute Gasteiger partial charge is 0.459 e. The fraction of sp³-hybridized carbons (Fsp3) is 0.462. The van der Waals surface area contributed by atoms with Gasteiger partial charge in [0, 0.05) is 0 Å². The second kappa shape index (κ2) is 7.01. The Balaban J connectivity index is 0.000000315. The van der Waals surface area contributed by atoms with Gasteiger partial charge in [0.1, 0.15) is 11.6 Å². The smallest absolute Gasteiger partial charge is 0.323 e. The van der Waals surface area contributed by atoms with Crippen molar-refractivity contribution in [2.24, 2.45) is 5.73 Å². The minimum absolute atomic E-state index is 0.354. The first kappa shape index (κ1) is 14.6. The van der Waals surface area contributed by atoms with Gasteiger partial charge in [-0.3, -0.25) is 4.79 Å². The molecule has 0 fully saturated rings. The van der Waals surface area contributed by atoms with Gasteiger partial charge in [0.2, 0.25) is 0 Å². The highest BCUT2D eigenvalue weighted by Crippen LogP contribution is 2.07. The minimum Gasteiger partial charge on any atom is -0.459 e. The minimum atomic E-state index is -0.528. The summed E-state index contributed by atoms with van der Waals surface area (Å²) in [4.78, 5) is 10.8. The van der Waals surface area contributed by atoms with E-state index in [1.165, 1.54) is 0 Å². The maximum absolute atomic E-state index is 10.8. The van der Waals surface area contributed by atoms with Crippen LogP contribution in [0.15, 0.2) is 36.4 Å². The molecular formula is C13H21NO2. The second-order valence-corrected chi connectivity index (χ2v) is 4.48. The highest BCUT2D eigenvalue weighted by molar-refractivity contribution is 5.75. The molecule has 0 bridgehead atoms. The molecule has 16 heavy (non-hydrogen) atoms. The maximum Gasteiger partial charge on any atom is 0.323 e. The van der Waals surface area contributed by atoms with Crippen LogP contribution in [0.5, 0.6) is 0 Å². The Labute approximate surface area is 97.6 Å². The van der Waals surface area contributed by atoms with Crippen LogP contribution < -0.4 is 5.73 Å². The fourth-order valence-corrected chi connectivity index (χ4v) is 0.780. The molecule has 0 amide bonds. The summed E-state index contributed by atoms with van der Waals surface area (Å²) in [6.07, 6.45) is 0. The van der Waals surface area contributed by atoms with Crippen LogP contribution in [0.3, 0.4) is 0 Å². The molecule has 3 nitrogen and oxygen atoms in total. The normalized spacial score (nSPS) is 12.1. The Bertz CT molecular complexity index is 262. The van der Waals surface area contributed by atoms with Gasteiger partial charge in [0.25, 0.3) is 0 Å². The fourth-order valence-electron chi connectivity index (χ4n) is 0.780. The van der Waals surface area contributed by atoms with E-state index in [-0.39, 0.29) is 5.97 Å². The van der Waals surface area contributed by atoms with E-state index in [0.717, 1.165) is 0 Å². The lowest BCUT2D eigenvalue weighted by Crippen LogP contribution is -2.35. The van der Waals surface area contributed by atoms with Crippen LogP contribution in [0.25, 0.3) is 0 Å². The van der Waals surface area contributed by atoms with Crippen LogP contribution >= 0.6 is 0 Å². The number of carbonyl (C=O) groups excluding carboxylic acids is 1. The predicted molar refractivity (Wildman–Crippen MR) is 65.9 cm³/mol. The van der Waals surface area contributed by atoms with Gasteiger partial charge < -0.3 is 10.5 Å². The first-order chi connectivity index (χ1) is 7.33. The van der Waals surface area contributed by atoms with Crippen LogP contribution in [0.1, 0.15) is 27.7 Å². The molecule has 0 aliphatic rings. The quantitative estimate of drug-likeness (QED) is 0.744. The molecule has 1 unspecified atom stereocenters. The molecule has 1 atom stereocenters. The first-order valence-corrected chi connectivity index (χ1v) is 5.31. The van der Waals surface area contributed by atoms with Gasteiger partial charge >= 0.3 is 5.97 Å². The Morgan fingerprint density at radius 2 is 1.38 bits per heavy atom. The monoisotopic (exact) mass is 223 g/mol. The van der Waals surface area contributed by atoms with Crippen molar-refractivity contribution in [3.8, 4) is 0 Å². The number of benzene rings is 1. The lowest BCUT2D eigenvalue weighted by atomic mass is 10.2. The van der Waals surface area contributed by atoms with Gasteiger partial charge in [0.15, 0.2) is 0 Å². The van der Waals surface area contributed by atoms with Crippen molar-refractivity contribution in [1.29, 1.82) is 0 Å². The Morgan fingerprint density at radius 3 is 1.50 bits per heavy atom. The molecule has 1 rings (SSSR count). The molecule has 3 heteroatoms. The average molecular weight is 223 g/mol. The highest BCUT2D eigenvalue weighted by Gasteiger charge is 2.18. The van der Waals surface area contributed by atoms with Crippen LogP contribution in [0.2, 0.25) is 0 Å². The molecule has 0 saturated heterocycles. The molecule has 90 valence electrons. The Morgan fingerprint density at radius 1 is 1.06 bits per heavy atom. The average Bonchev–Trinajstić information content (AvgIpc) is 2.18. The molecule has 0 aromatic heterocycles. The predicted octanol–water partition coefficient (Wildman–Crippen LogP) is 2.36. The molecule has 0 saturated carbocycles. The third-order valence-electron chi connectivity index (χ3n) is 1.45. The van der Waals surface area contributed by atoms with E-state index in [4.69, 9.17) is 10.5 Å². The number of hydrogen-bond donors (Lipinski definition) is 1. The van der Waals surface area contributed by atoms with Crippen molar-refractivity contribution in [2.45, 2.75) is 39.3 Å². The van der Waals surface area contributed by atoms with Crippen molar-refractivity contribution < 1.29 is 9.53 Å². The van der Waals surface area contributed by atoms with E-state index < -0.39 is 11.6 Å². The zero-order chi connectivity index (χ0) is 12.6. The summed E-state index contributed by atoms with van der Waals surface area (Å²) in [5, 5.41) is 0. The summed E-state index contributed by atoms with van der Waals surface area (Å²) in [6.45, 7) is 7.04. The van der Waals surface area contributed by atoms with Gasteiger partial charge in [-0.05, 0) is 27.7 Å². The maximum atomic E-state index is 10.8.